The van der Waals surface area contributed by atoms with E-state index in [4.69, 9.17) is 5.11 Å². The normalized spacial score (nSPS) is 11.0. The number of para-hydroxylation sites is 1. The standard InChI is InChI=1S/C20H28N4O3/c1-14(2)16-10-7-8-11-17(16)24-15(3)22-19(23-24)20(27)21-13-9-5-4-6-12-18(25)26/h7-8,10-11,14H,4-6,9,12-13H2,1-3H3,(H,21,27)(H,25,26). The van der Waals surface area contributed by atoms with Gasteiger partial charge in [0.1, 0.15) is 5.82 Å². The van der Waals surface area contributed by atoms with Crippen molar-refractivity contribution in [3.05, 3.63) is 41.5 Å². The highest BCUT2D eigenvalue weighted by Crippen LogP contribution is 2.23. The predicted molar refractivity (Wildman–Crippen MR) is 103 cm³/mol. The van der Waals surface area contributed by atoms with Crippen LogP contribution in [-0.4, -0.2) is 38.3 Å². The minimum atomic E-state index is -0.764. The maximum Gasteiger partial charge on any atom is 0.303 e. The Hall–Kier alpha value is -2.70. The molecule has 0 radical (unpaired) electrons. The van der Waals surface area contributed by atoms with E-state index in [-0.39, 0.29) is 18.2 Å². The summed E-state index contributed by atoms with van der Waals surface area (Å²) in [5, 5.41) is 15.8. The van der Waals surface area contributed by atoms with E-state index in [1.54, 1.807) is 4.68 Å². The largest absolute Gasteiger partial charge is 0.481 e. The van der Waals surface area contributed by atoms with Crippen LogP contribution >= 0.6 is 0 Å². The molecule has 0 saturated heterocycles. The first-order valence-electron chi connectivity index (χ1n) is 9.43. The first-order valence-corrected chi connectivity index (χ1v) is 9.43. The van der Waals surface area contributed by atoms with E-state index < -0.39 is 5.97 Å². The molecule has 0 fully saturated rings. The van der Waals surface area contributed by atoms with Crippen molar-refractivity contribution in [1.29, 1.82) is 0 Å². The van der Waals surface area contributed by atoms with Gasteiger partial charge in [0.2, 0.25) is 5.82 Å². The van der Waals surface area contributed by atoms with E-state index >= 15 is 0 Å². The van der Waals surface area contributed by atoms with E-state index in [1.807, 2.05) is 25.1 Å². The van der Waals surface area contributed by atoms with Crippen molar-refractivity contribution in [2.75, 3.05) is 6.54 Å². The Morgan fingerprint density at radius 1 is 1.15 bits per heavy atom. The van der Waals surface area contributed by atoms with Crippen LogP contribution < -0.4 is 5.32 Å². The lowest BCUT2D eigenvalue weighted by molar-refractivity contribution is -0.137. The second-order valence-electron chi connectivity index (χ2n) is 6.92. The molecule has 2 N–H and O–H groups in total. The maximum absolute atomic E-state index is 12.3. The topological polar surface area (TPSA) is 97.1 Å². The third-order valence-corrected chi connectivity index (χ3v) is 4.36. The molecule has 146 valence electrons. The first-order chi connectivity index (χ1) is 12.9. The van der Waals surface area contributed by atoms with Crippen LogP contribution in [0.15, 0.2) is 24.3 Å². The Morgan fingerprint density at radius 2 is 1.85 bits per heavy atom. The van der Waals surface area contributed by atoms with E-state index in [0.29, 0.717) is 24.7 Å². The molecular formula is C20H28N4O3. The van der Waals surface area contributed by atoms with E-state index in [0.717, 1.165) is 30.5 Å². The van der Waals surface area contributed by atoms with Gasteiger partial charge in [-0.1, -0.05) is 44.9 Å². The van der Waals surface area contributed by atoms with E-state index in [9.17, 15) is 9.59 Å². The van der Waals surface area contributed by atoms with Crippen molar-refractivity contribution >= 4 is 11.9 Å². The summed E-state index contributed by atoms with van der Waals surface area (Å²) in [5.74, 6) is 0.117. The Morgan fingerprint density at radius 3 is 2.56 bits per heavy atom. The van der Waals surface area contributed by atoms with Gasteiger partial charge in [-0.3, -0.25) is 9.59 Å². The van der Waals surface area contributed by atoms with Crippen LogP contribution in [0.4, 0.5) is 0 Å². The fourth-order valence-corrected chi connectivity index (χ4v) is 2.92. The monoisotopic (exact) mass is 372 g/mol. The van der Waals surface area contributed by atoms with Gasteiger partial charge in [0.15, 0.2) is 0 Å². The lowest BCUT2D eigenvalue weighted by atomic mass is 10.0. The number of nitrogens with one attached hydrogen (secondary N) is 1. The molecule has 0 aliphatic heterocycles. The fraction of sp³-hybridized carbons (Fsp3) is 0.500. The molecule has 0 saturated carbocycles. The van der Waals surface area contributed by atoms with E-state index in [1.165, 1.54) is 0 Å². The Labute approximate surface area is 159 Å². The SMILES string of the molecule is Cc1nc(C(=O)NCCCCCCC(=O)O)nn1-c1ccccc1C(C)C. The number of carbonyl (C=O) groups excluding carboxylic acids is 1. The number of aromatic nitrogens is 3. The Kier molecular flexibility index (Phi) is 7.52. The van der Waals surface area contributed by atoms with Crippen molar-refractivity contribution in [3.63, 3.8) is 0 Å². The summed E-state index contributed by atoms with van der Waals surface area (Å²) in [7, 11) is 0. The van der Waals surface area contributed by atoms with Gasteiger partial charge in [-0.25, -0.2) is 9.67 Å². The summed E-state index contributed by atoms with van der Waals surface area (Å²) >= 11 is 0. The fourth-order valence-electron chi connectivity index (χ4n) is 2.92. The second-order valence-corrected chi connectivity index (χ2v) is 6.92. The molecular weight excluding hydrogens is 344 g/mol. The van der Waals surface area contributed by atoms with E-state index in [2.05, 4.69) is 35.3 Å². The number of carbonyl (C=O) groups is 2. The smallest absolute Gasteiger partial charge is 0.303 e. The number of hydrogen-bond acceptors (Lipinski definition) is 4. The number of carboxylic acid groups (broad SMARTS) is 1. The number of hydrogen-bond donors (Lipinski definition) is 2. The number of carboxylic acids is 1. The second kappa shape index (κ2) is 9.85. The van der Waals surface area contributed by atoms with Gasteiger partial charge in [0.25, 0.3) is 5.91 Å². The molecule has 1 amide bonds. The first kappa shape index (κ1) is 20.6. The number of nitrogens with zero attached hydrogens (tertiary/aromatic N) is 3. The van der Waals surface area contributed by atoms with Crippen LogP contribution in [0.2, 0.25) is 0 Å². The molecule has 1 aromatic heterocycles. The molecule has 0 atom stereocenters. The highest BCUT2D eigenvalue weighted by Gasteiger charge is 2.17. The van der Waals surface area contributed by atoms with Gasteiger partial charge in [-0.05, 0) is 37.3 Å². The quantitative estimate of drug-likeness (QED) is 0.623. The molecule has 2 aromatic rings. The number of unbranched alkanes of at least 4 members (excludes halogenated alkanes) is 3. The van der Waals surface area contributed by atoms with Crippen LogP contribution in [-0.2, 0) is 4.79 Å². The highest BCUT2D eigenvalue weighted by atomic mass is 16.4. The lowest BCUT2D eigenvalue weighted by Gasteiger charge is -2.12. The van der Waals surface area contributed by atoms with Gasteiger partial charge in [-0.2, -0.15) is 0 Å². The lowest BCUT2D eigenvalue weighted by Crippen LogP contribution is -2.25. The average molecular weight is 372 g/mol. The zero-order chi connectivity index (χ0) is 19.8. The van der Waals surface area contributed by atoms with Crippen molar-refractivity contribution in [3.8, 4) is 5.69 Å². The van der Waals surface area contributed by atoms with Crippen molar-refractivity contribution in [2.24, 2.45) is 0 Å². The molecule has 0 unspecified atom stereocenters. The molecule has 0 aliphatic carbocycles. The Bertz CT molecular complexity index is 783. The molecule has 0 aliphatic rings. The minimum absolute atomic E-state index is 0.164. The molecule has 1 heterocycles. The third-order valence-electron chi connectivity index (χ3n) is 4.36. The van der Waals surface area contributed by atoms with Crippen LogP contribution in [0.3, 0.4) is 0 Å². The average Bonchev–Trinajstić information content (AvgIpc) is 3.02. The molecule has 0 bridgehead atoms. The summed E-state index contributed by atoms with van der Waals surface area (Å²) in [6.45, 7) is 6.61. The van der Waals surface area contributed by atoms with Crippen molar-refractivity contribution < 1.29 is 14.7 Å². The molecule has 7 heteroatoms. The van der Waals surface area contributed by atoms with Gasteiger partial charge in [0.05, 0.1) is 5.69 Å². The van der Waals surface area contributed by atoms with Crippen LogP contribution in [0.25, 0.3) is 5.69 Å². The van der Waals surface area contributed by atoms with Crippen molar-refractivity contribution in [1.82, 2.24) is 20.1 Å². The number of aryl methyl sites for hydroxylation is 1. The molecule has 0 spiro atoms. The summed E-state index contributed by atoms with van der Waals surface area (Å²) in [4.78, 5) is 27.1. The zero-order valence-corrected chi connectivity index (χ0v) is 16.2. The van der Waals surface area contributed by atoms with Crippen molar-refractivity contribution in [2.45, 2.75) is 58.8 Å². The summed E-state index contributed by atoms with van der Waals surface area (Å²) in [5.41, 5.74) is 2.09. The summed E-state index contributed by atoms with van der Waals surface area (Å²) in [6.07, 6.45) is 3.41. The van der Waals surface area contributed by atoms with Gasteiger partial charge >= 0.3 is 5.97 Å². The zero-order valence-electron chi connectivity index (χ0n) is 16.2. The minimum Gasteiger partial charge on any atom is -0.481 e. The Balaban J connectivity index is 1.92. The third kappa shape index (κ3) is 5.91. The molecule has 2 rings (SSSR count). The summed E-state index contributed by atoms with van der Waals surface area (Å²) in [6, 6.07) is 7.99. The summed E-state index contributed by atoms with van der Waals surface area (Å²) < 4.78 is 1.72. The van der Waals surface area contributed by atoms with Gasteiger partial charge in [0, 0.05) is 13.0 Å². The number of benzene rings is 1. The van der Waals surface area contributed by atoms with Gasteiger partial charge < -0.3 is 10.4 Å². The number of amides is 1. The van der Waals surface area contributed by atoms with Crippen LogP contribution in [0, 0.1) is 6.92 Å². The number of rotatable bonds is 10. The predicted octanol–water partition coefficient (Wildman–Crippen LogP) is 3.46. The van der Waals surface area contributed by atoms with Crippen LogP contribution in [0.5, 0.6) is 0 Å². The number of aliphatic carboxylic acids is 1. The molecule has 27 heavy (non-hydrogen) atoms. The maximum atomic E-state index is 12.3. The molecule has 7 nitrogen and oxygen atoms in total. The molecule has 1 aromatic carbocycles. The van der Waals surface area contributed by atoms with Gasteiger partial charge in [-0.15, -0.1) is 5.10 Å². The van der Waals surface area contributed by atoms with Crippen LogP contribution in [0.1, 0.15) is 73.9 Å². The highest BCUT2D eigenvalue weighted by molar-refractivity contribution is 5.90.